The van der Waals surface area contributed by atoms with E-state index in [1.165, 1.54) is 29.9 Å². The normalized spacial score (nSPS) is 13.5. The summed E-state index contributed by atoms with van der Waals surface area (Å²) >= 11 is 0. The molecule has 0 fully saturated rings. The van der Waals surface area contributed by atoms with Crippen LogP contribution >= 0.6 is 9.24 Å². The highest BCUT2D eigenvalue weighted by molar-refractivity contribution is 7.23. The first-order valence-electron chi connectivity index (χ1n) is 11.7. The zero-order valence-electron chi connectivity index (χ0n) is 21.9. The summed E-state index contributed by atoms with van der Waals surface area (Å²) in [6.45, 7) is 17.3. The number of carbonyl (C=O) groups is 2. The Labute approximate surface area is 220 Å². The lowest BCUT2D eigenvalue weighted by atomic mass is 10.1. The SMILES string of the molecule is C=C/C=C(\C=C)OCCN1CN(C)n2cc(C(=O)NC/C(=C/C=C/F)C(=C)P)c(=O)c(C)c2C1=O.CC. The minimum absolute atomic E-state index is 0.0429. The number of fused-ring (bicyclic) bond motifs is 1. The molecule has 37 heavy (non-hydrogen) atoms. The summed E-state index contributed by atoms with van der Waals surface area (Å²) in [6, 6.07) is 0. The summed E-state index contributed by atoms with van der Waals surface area (Å²) in [5, 5.41) is 4.94. The maximum atomic E-state index is 13.2. The van der Waals surface area contributed by atoms with Crippen molar-refractivity contribution in [3.63, 3.8) is 0 Å². The van der Waals surface area contributed by atoms with Crippen LogP contribution in [-0.4, -0.2) is 54.8 Å². The molecule has 0 aliphatic carbocycles. The molecular weight excluding hydrogens is 494 g/mol. The largest absolute Gasteiger partial charge is 0.492 e. The molecule has 1 aromatic heterocycles. The number of nitrogens with one attached hydrogen (secondary N) is 1. The topological polar surface area (TPSA) is 83.9 Å². The smallest absolute Gasteiger partial charge is 0.274 e. The molecule has 1 aliphatic rings. The Morgan fingerprint density at radius 3 is 2.51 bits per heavy atom. The first-order chi connectivity index (χ1) is 17.7. The molecule has 1 atom stereocenters. The molecule has 200 valence electrons. The second-order valence-corrected chi connectivity index (χ2v) is 8.33. The molecule has 0 saturated carbocycles. The zero-order chi connectivity index (χ0) is 28.1. The summed E-state index contributed by atoms with van der Waals surface area (Å²) < 4.78 is 19.4. The summed E-state index contributed by atoms with van der Waals surface area (Å²) in [4.78, 5) is 40.5. The number of amides is 2. The van der Waals surface area contributed by atoms with Gasteiger partial charge in [-0.15, -0.1) is 9.24 Å². The Morgan fingerprint density at radius 2 is 1.95 bits per heavy atom. The molecule has 10 heteroatoms. The van der Waals surface area contributed by atoms with Crippen molar-refractivity contribution < 1.29 is 18.7 Å². The van der Waals surface area contributed by atoms with E-state index in [-0.39, 0.29) is 49.1 Å². The van der Waals surface area contributed by atoms with Gasteiger partial charge < -0.3 is 15.0 Å². The third kappa shape index (κ3) is 8.15. The van der Waals surface area contributed by atoms with Crippen molar-refractivity contribution in [3.8, 4) is 0 Å². The molecule has 1 N–H and O–H groups in total. The highest BCUT2D eigenvalue weighted by Gasteiger charge is 2.31. The average Bonchev–Trinajstić information content (AvgIpc) is 2.88. The fraction of sp³-hybridized carbons (Fsp3) is 0.296. The van der Waals surface area contributed by atoms with E-state index in [1.807, 2.05) is 13.8 Å². The molecule has 1 aromatic rings. The van der Waals surface area contributed by atoms with Gasteiger partial charge in [0.25, 0.3) is 11.8 Å². The van der Waals surface area contributed by atoms with Crippen LogP contribution in [0.3, 0.4) is 0 Å². The van der Waals surface area contributed by atoms with Crippen molar-refractivity contribution in [3.05, 3.63) is 106 Å². The fourth-order valence-electron chi connectivity index (χ4n) is 3.39. The van der Waals surface area contributed by atoms with E-state index in [2.05, 4.69) is 34.3 Å². The third-order valence-corrected chi connectivity index (χ3v) is 5.60. The Balaban J connectivity index is 0.00000334. The van der Waals surface area contributed by atoms with Crippen LogP contribution in [-0.2, 0) is 4.74 Å². The molecule has 0 radical (unpaired) electrons. The van der Waals surface area contributed by atoms with E-state index in [1.54, 1.807) is 35.2 Å². The number of pyridine rings is 1. The number of carbonyl (C=O) groups excluding carboxylic acids is 2. The molecular formula is C27H36FN4O4P. The molecule has 8 nitrogen and oxygen atoms in total. The summed E-state index contributed by atoms with van der Waals surface area (Å²) in [5.74, 6) is -0.425. The standard InChI is InChI=1S/C25H30FN4O4P.C2H6/c1-6-9-20(7-2)34-13-12-29-16-28(5)30-15-21(23(31)17(3)22(30)25(29)33)24(32)27-14-19(18(4)35)10-8-11-26;1-2/h6-11,15H,1-2,4,12-14,16,35H2,3,5H3,(H,27,32);1-2H3/b11-8+,19-10-,20-9+;. The van der Waals surface area contributed by atoms with E-state index in [0.717, 1.165) is 0 Å². The maximum absolute atomic E-state index is 13.2. The van der Waals surface area contributed by atoms with Gasteiger partial charge in [0.15, 0.2) is 5.43 Å². The van der Waals surface area contributed by atoms with Crippen molar-refractivity contribution in [2.75, 3.05) is 38.4 Å². The molecule has 1 unspecified atom stereocenters. The number of halogens is 1. The van der Waals surface area contributed by atoms with E-state index in [0.29, 0.717) is 23.0 Å². The van der Waals surface area contributed by atoms with Crippen molar-refractivity contribution in [1.82, 2.24) is 14.9 Å². The number of aromatic nitrogens is 1. The van der Waals surface area contributed by atoms with Crippen LogP contribution in [0.2, 0.25) is 0 Å². The van der Waals surface area contributed by atoms with Gasteiger partial charge in [0.2, 0.25) is 0 Å². The predicted molar refractivity (Wildman–Crippen MR) is 151 cm³/mol. The lowest BCUT2D eigenvalue weighted by Crippen LogP contribution is -2.54. The minimum Gasteiger partial charge on any atom is -0.492 e. The quantitative estimate of drug-likeness (QED) is 0.266. The predicted octanol–water partition coefficient (Wildman–Crippen LogP) is 3.96. The highest BCUT2D eigenvalue weighted by Crippen LogP contribution is 2.17. The van der Waals surface area contributed by atoms with Gasteiger partial charge in [0.05, 0.1) is 12.9 Å². The van der Waals surface area contributed by atoms with E-state index >= 15 is 0 Å². The van der Waals surface area contributed by atoms with Gasteiger partial charge in [0.1, 0.15) is 30.3 Å². The van der Waals surface area contributed by atoms with Crippen LogP contribution < -0.4 is 15.8 Å². The van der Waals surface area contributed by atoms with Crippen molar-refractivity contribution in [1.29, 1.82) is 0 Å². The molecule has 1 aliphatic heterocycles. The van der Waals surface area contributed by atoms with Gasteiger partial charge in [-0.2, -0.15) is 0 Å². The Morgan fingerprint density at radius 1 is 1.27 bits per heavy atom. The van der Waals surface area contributed by atoms with Gasteiger partial charge in [0, 0.05) is 25.4 Å². The lowest BCUT2D eigenvalue weighted by Gasteiger charge is -2.38. The maximum Gasteiger partial charge on any atom is 0.274 e. The number of nitrogens with zero attached hydrogens (tertiary/aromatic N) is 3. The van der Waals surface area contributed by atoms with Crippen LogP contribution in [0.1, 0.15) is 40.3 Å². The molecule has 2 heterocycles. The molecule has 2 rings (SSSR count). The van der Waals surface area contributed by atoms with E-state index in [9.17, 15) is 18.8 Å². The molecule has 0 aromatic carbocycles. The van der Waals surface area contributed by atoms with Gasteiger partial charge in [-0.3, -0.25) is 24.1 Å². The number of ether oxygens (including phenoxy) is 1. The summed E-state index contributed by atoms with van der Waals surface area (Å²) in [5.41, 5.74) is 0.251. The first-order valence-corrected chi connectivity index (χ1v) is 12.3. The fourth-order valence-corrected chi connectivity index (χ4v) is 3.58. The number of hydrogen-bond acceptors (Lipinski definition) is 5. The van der Waals surface area contributed by atoms with Crippen molar-refractivity contribution >= 4 is 21.1 Å². The Hall–Kier alpha value is -3.71. The van der Waals surface area contributed by atoms with E-state index < -0.39 is 11.3 Å². The van der Waals surface area contributed by atoms with Crippen molar-refractivity contribution in [2.24, 2.45) is 0 Å². The molecule has 0 bridgehead atoms. The number of hydrogen-bond donors (Lipinski definition) is 1. The van der Waals surface area contributed by atoms with Gasteiger partial charge in [-0.25, -0.2) is 4.39 Å². The lowest BCUT2D eigenvalue weighted by molar-refractivity contribution is 0.0644. The van der Waals surface area contributed by atoms with Gasteiger partial charge in [-0.1, -0.05) is 45.7 Å². The van der Waals surface area contributed by atoms with Gasteiger partial charge >= 0.3 is 0 Å². The monoisotopic (exact) mass is 530 g/mol. The van der Waals surface area contributed by atoms with Crippen LogP contribution in [0.4, 0.5) is 4.39 Å². The minimum atomic E-state index is -0.614. The second kappa shape index (κ2) is 15.4. The Bertz CT molecular complexity index is 1180. The van der Waals surface area contributed by atoms with Crippen LogP contribution in [0.25, 0.3) is 0 Å². The number of rotatable bonds is 11. The summed E-state index contributed by atoms with van der Waals surface area (Å²) in [7, 11) is 4.13. The highest BCUT2D eigenvalue weighted by atomic mass is 31.0. The zero-order valence-corrected chi connectivity index (χ0v) is 23.1. The molecule has 0 spiro atoms. The summed E-state index contributed by atoms with van der Waals surface area (Å²) in [6.07, 6.45) is 9.16. The van der Waals surface area contributed by atoms with Crippen LogP contribution in [0, 0.1) is 6.92 Å². The van der Waals surface area contributed by atoms with E-state index in [4.69, 9.17) is 4.74 Å². The van der Waals surface area contributed by atoms with Crippen LogP contribution in [0.5, 0.6) is 0 Å². The molecule has 0 saturated heterocycles. The Kier molecular flexibility index (Phi) is 13.0. The number of allylic oxidation sites excluding steroid dienone is 5. The third-order valence-electron chi connectivity index (χ3n) is 5.23. The average molecular weight is 531 g/mol. The van der Waals surface area contributed by atoms with Crippen molar-refractivity contribution in [2.45, 2.75) is 20.8 Å². The molecule has 2 amide bonds. The second-order valence-electron chi connectivity index (χ2n) is 7.63. The van der Waals surface area contributed by atoms with Crippen LogP contribution in [0.15, 0.2) is 84.1 Å². The first kappa shape index (κ1) is 31.3. The van der Waals surface area contributed by atoms with Gasteiger partial charge in [-0.05, 0) is 36.0 Å².